The van der Waals surface area contributed by atoms with Gasteiger partial charge in [0.15, 0.2) is 12.6 Å². The van der Waals surface area contributed by atoms with E-state index < -0.39 is 0 Å². The molecule has 0 bridgehead atoms. The molecule has 0 aliphatic carbocycles. The van der Waals surface area contributed by atoms with Crippen LogP contribution >= 0.6 is 11.6 Å². The summed E-state index contributed by atoms with van der Waals surface area (Å²) >= 11 is 5.67. The van der Waals surface area contributed by atoms with Crippen LogP contribution in [0.5, 0.6) is 5.88 Å². The molecule has 84 valence electrons. The van der Waals surface area contributed by atoms with Crippen LogP contribution in [0.25, 0.3) is 11.3 Å². The van der Waals surface area contributed by atoms with E-state index in [1.54, 1.807) is 24.4 Å². The molecule has 0 unspecified atom stereocenters. The van der Waals surface area contributed by atoms with Gasteiger partial charge in [0.25, 0.3) is 5.88 Å². The lowest BCUT2D eigenvalue weighted by atomic mass is 10.2. The highest BCUT2D eigenvalue weighted by molar-refractivity contribution is 6.29. The molecule has 6 heteroatoms. The summed E-state index contributed by atoms with van der Waals surface area (Å²) in [5.74, 6) is 0.932. The summed E-state index contributed by atoms with van der Waals surface area (Å²) in [7, 11) is 1.53. The van der Waals surface area contributed by atoms with Crippen molar-refractivity contribution in [1.82, 2.24) is 10.1 Å². The maximum atomic E-state index is 5.67. The monoisotopic (exact) mass is 240 g/mol. The lowest BCUT2D eigenvalue weighted by molar-refractivity contribution is 0.0453. The Morgan fingerprint density at radius 1 is 1.44 bits per heavy atom. The van der Waals surface area contributed by atoms with E-state index in [4.69, 9.17) is 25.6 Å². The number of hydrogen-bond acceptors (Lipinski definition) is 5. The van der Waals surface area contributed by atoms with Crippen LogP contribution in [0.3, 0.4) is 0 Å². The second kappa shape index (κ2) is 4.96. The van der Waals surface area contributed by atoms with Crippen LogP contribution < -0.4 is 4.74 Å². The predicted octanol–water partition coefficient (Wildman–Crippen LogP) is 2.37. The number of rotatable bonds is 4. The topological polar surface area (TPSA) is 57.4 Å². The van der Waals surface area contributed by atoms with Crippen molar-refractivity contribution in [2.45, 2.75) is 0 Å². The van der Waals surface area contributed by atoms with Crippen molar-refractivity contribution < 1.29 is 14.0 Å². The predicted molar refractivity (Wildman–Crippen MR) is 57.2 cm³/mol. The molecule has 16 heavy (non-hydrogen) atoms. The Balaban J connectivity index is 2.15. The van der Waals surface area contributed by atoms with Gasteiger partial charge in [-0.3, -0.25) is 0 Å². The summed E-state index contributed by atoms with van der Waals surface area (Å²) in [4.78, 5) is 3.94. The zero-order valence-corrected chi connectivity index (χ0v) is 9.27. The fraction of sp³-hybridized carbons (Fsp3) is 0.200. The number of ether oxygens (including phenoxy) is 2. The van der Waals surface area contributed by atoms with Gasteiger partial charge in [0.05, 0.1) is 0 Å². The zero-order chi connectivity index (χ0) is 11.4. The number of methoxy groups -OCH3 is 1. The van der Waals surface area contributed by atoms with Crippen molar-refractivity contribution in [3.05, 3.63) is 29.5 Å². The maximum Gasteiger partial charge on any atom is 0.256 e. The number of nitrogens with zero attached hydrogens (tertiary/aromatic N) is 2. The zero-order valence-electron chi connectivity index (χ0n) is 8.51. The average molecular weight is 241 g/mol. The minimum Gasteiger partial charge on any atom is -0.448 e. The summed E-state index contributed by atoms with van der Waals surface area (Å²) in [6.07, 6.45) is 1.60. The number of halogens is 1. The van der Waals surface area contributed by atoms with Gasteiger partial charge < -0.3 is 14.0 Å². The molecule has 0 amide bonds. The lowest BCUT2D eigenvalue weighted by Crippen LogP contribution is -1.98. The second-order valence-corrected chi connectivity index (χ2v) is 3.34. The Bertz CT molecular complexity index is 455. The molecule has 0 saturated heterocycles. The summed E-state index contributed by atoms with van der Waals surface area (Å²) in [6, 6.07) is 5.12. The maximum absolute atomic E-state index is 5.67. The Kier molecular flexibility index (Phi) is 3.38. The van der Waals surface area contributed by atoms with Crippen molar-refractivity contribution in [2.75, 3.05) is 13.9 Å². The van der Waals surface area contributed by atoms with Crippen LogP contribution in [0.15, 0.2) is 28.9 Å². The Labute approximate surface area is 96.9 Å². The van der Waals surface area contributed by atoms with Gasteiger partial charge in [-0.05, 0) is 17.3 Å². The van der Waals surface area contributed by atoms with Crippen LogP contribution in [0.4, 0.5) is 0 Å². The molecule has 0 aliphatic rings. The van der Waals surface area contributed by atoms with E-state index in [0.717, 1.165) is 5.56 Å². The highest BCUT2D eigenvalue weighted by Gasteiger charge is 2.07. The van der Waals surface area contributed by atoms with E-state index in [9.17, 15) is 0 Å². The molecule has 2 heterocycles. The molecular formula is C10H9ClN2O3. The smallest absolute Gasteiger partial charge is 0.256 e. The molecule has 2 rings (SSSR count). The number of aromatic nitrogens is 2. The highest BCUT2D eigenvalue weighted by Crippen LogP contribution is 2.23. The summed E-state index contributed by atoms with van der Waals surface area (Å²) in [6.45, 7) is 0.130. The third-order valence-corrected chi connectivity index (χ3v) is 2.05. The first kappa shape index (κ1) is 10.9. The molecule has 0 aliphatic heterocycles. The number of pyridine rings is 1. The van der Waals surface area contributed by atoms with E-state index in [1.807, 2.05) is 0 Å². The van der Waals surface area contributed by atoms with Gasteiger partial charge in [-0.2, -0.15) is 0 Å². The molecule has 0 fully saturated rings. The van der Waals surface area contributed by atoms with Crippen molar-refractivity contribution in [1.29, 1.82) is 0 Å². The van der Waals surface area contributed by atoms with Gasteiger partial charge in [0, 0.05) is 24.9 Å². The normalized spacial score (nSPS) is 10.4. The van der Waals surface area contributed by atoms with Gasteiger partial charge >= 0.3 is 0 Å². The standard InChI is InChI=1S/C10H9ClN2O3/c1-14-6-15-10-4-8(16-13-10)7-2-3-9(11)12-5-7/h2-5H,6H2,1H3. The molecular weight excluding hydrogens is 232 g/mol. The first-order chi connectivity index (χ1) is 7.79. The molecule has 0 spiro atoms. The van der Waals surface area contributed by atoms with Crippen molar-refractivity contribution >= 4 is 11.6 Å². The summed E-state index contributed by atoms with van der Waals surface area (Å²) in [5.41, 5.74) is 0.782. The van der Waals surface area contributed by atoms with E-state index >= 15 is 0 Å². The quantitative estimate of drug-likeness (QED) is 0.607. The van der Waals surface area contributed by atoms with Gasteiger partial charge in [-0.25, -0.2) is 4.98 Å². The van der Waals surface area contributed by atoms with E-state index in [1.165, 1.54) is 7.11 Å². The first-order valence-corrected chi connectivity index (χ1v) is 4.88. The molecule has 0 atom stereocenters. The van der Waals surface area contributed by atoms with E-state index in [-0.39, 0.29) is 6.79 Å². The van der Waals surface area contributed by atoms with Crippen LogP contribution in [0, 0.1) is 0 Å². The fourth-order valence-corrected chi connectivity index (χ4v) is 1.22. The molecule has 0 radical (unpaired) electrons. The van der Waals surface area contributed by atoms with Crippen molar-refractivity contribution in [3.8, 4) is 17.2 Å². The van der Waals surface area contributed by atoms with Gasteiger partial charge in [0.2, 0.25) is 0 Å². The SMILES string of the molecule is COCOc1cc(-c2ccc(Cl)nc2)on1. The third kappa shape index (κ3) is 2.50. The minimum absolute atomic E-state index is 0.130. The van der Waals surface area contributed by atoms with E-state index in [0.29, 0.717) is 16.8 Å². The van der Waals surface area contributed by atoms with Crippen molar-refractivity contribution in [2.24, 2.45) is 0 Å². The average Bonchev–Trinajstić information content (AvgIpc) is 2.76. The second-order valence-electron chi connectivity index (χ2n) is 2.95. The Hall–Kier alpha value is -1.59. The van der Waals surface area contributed by atoms with Crippen molar-refractivity contribution in [3.63, 3.8) is 0 Å². The Morgan fingerprint density at radius 3 is 3.00 bits per heavy atom. The molecule has 5 nitrogen and oxygen atoms in total. The van der Waals surface area contributed by atoms with Crippen LogP contribution in [-0.4, -0.2) is 24.0 Å². The molecule has 2 aromatic rings. The van der Waals surface area contributed by atoms with Crippen LogP contribution in [0.2, 0.25) is 5.15 Å². The molecule has 0 N–H and O–H groups in total. The minimum atomic E-state index is 0.130. The van der Waals surface area contributed by atoms with E-state index in [2.05, 4.69) is 10.1 Å². The van der Waals surface area contributed by atoms with Crippen LogP contribution in [0.1, 0.15) is 0 Å². The fourth-order valence-electron chi connectivity index (χ4n) is 1.10. The van der Waals surface area contributed by atoms with Gasteiger partial charge in [-0.15, -0.1) is 0 Å². The largest absolute Gasteiger partial charge is 0.448 e. The van der Waals surface area contributed by atoms with Gasteiger partial charge in [-0.1, -0.05) is 11.6 Å². The first-order valence-electron chi connectivity index (χ1n) is 4.50. The molecule has 2 aromatic heterocycles. The number of hydrogen-bond donors (Lipinski definition) is 0. The third-order valence-electron chi connectivity index (χ3n) is 1.83. The highest BCUT2D eigenvalue weighted by atomic mass is 35.5. The van der Waals surface area contributed by atoms with Crippen LogP contribution in [-0.2, 0) is 4.74 Å². The van der Waals surface area contributed by atoms with Gasteiger partial charge in [0.1, 0.15) is 5.15 Å². The lowest BCUT2D eigenvalue weighted by Gasteiger charge is -1.96. The Morgan fingerprint density at radius 2 is 2.31 bits per heavy atom. The summed E-state index contributed by atoms with van der Waals surface area (Å²) in [5, 5.41) is 4.14. The summed E-state index contributed by atoms with van der Waals surface area (Å²) < 4.78 is 14.9. The molecule has 0 saturated carbocycles. The molecule has 0 aromatic carbocycles.